The van der Waals surface area contributed by atoms with E-state index in [1.54, 1.807) is 23.9 Å². The zero-order chi connectivity index (χ0) is 20.1. The number of hydrogen-bond acceptors (Lipinski definition) is 6. The molecule has 0 atom stereocenters. The summed E-state index contributed by atoms with van der Waals surface area (Å²) in [6.45, 7) is 3.60. The van der Waals surface area contributed by atoms with Crippen LogP contribution in [0.15, 0.2) is 64.0 Å². The van der Waals surface area contributed by atoms with E-state index in [0.717, 1.165) is 23.5 Å². The third kappa shape index (κ3) is 5.38. The summed E-state index contributed by atoms with van der Waals surface area (Å²) in [5.41, 5.74) is 0.871. The van der Waals surface area contributed by atoms with Crippen LogP contribution in [0.25, 0.3) is 11.4 Å². The molecule has 8 heteroatoms. The van der Waals surface area contributed by atoms with Gasteiger partial charge >= 0.3 is 0 Å². The van der Waals surface area contributed by atoms with Crippen LogP contribution in [0.1, 0.15) is 5.89 Å². The van der Waals surface area contributed by atoms with Crippen LogP contribution in [0.5, 0.6) is 0 Å². The van der Waals surface area contributed by atoms with E-state index in [-0.39, 0.29) is 5.91 Å². The number of benzene rings is 2. The van der Waals surface area contributed by atoms with Gasteiger partial charge in [-0.25, -0.2) is 0 Å². The molecule has 0 saturated carbocycles. The number of carbonyl (C=O) groups excluding carboxylic acids is 1. The fourth-order valence-corrected chi connectivity index (χ4v) is 4.08. The molecule has 2 heterocycles. The van der Waals surface area contributed by atoms with Gasteiger partial charge in [-0.1, -0.05) is 35.0 Å². The zero-order valence-electron chi connectivity index (χ0n) is 15.8. The summed E-state index contributed by atoms with van der Waals surface area (Å²) in [7, 11) is 0. The Morgan fingerprint density at radius 1 is 1.03 bits per heavy atom. The first kappa shape index (κ1) is 19.9. The predicted molar refractivity (Wildman–Crippen MR) is 114 cm³/mol. The first-order chi connectivity index (χ1) is 14.2. The standard InChI is InChI=1S/C21H21ClN4O2S/c22-17-8-6-16(7-9-17)21-23-19(28-24-21)14-25-10-12-26(13-11-25)20(27)15-29-18-4-2-1-3-5-18/h1-9H,10-15H2. The molecule has 0 unspecified atom stereocenters. The number of piperazine rings is 1. The van der Waals surface area contributed by atoms with Crippen molar-refractivity contribution in [2.24, 2.45) is 0 Å². The lowest BCUT2D eigenvalue weighted by atomic mass is 10.2. The topological polar surface area (TPSA) is 62.5 Å². The second-order valence-electron chi connectivity index (χ2n) is 6.78. The summed E-state index contributed by atoms with van der Waals surface area (Å²) in [6, 6.07) is 17.4. The Bertz CT molecular complexity index is 941. The Morgan fingerprint density at radius 3 is 2.48 bits per heavy atom. The van der Waals surface area contributed by atoms with Crippen molar-refractivity contribution in [1.82, 2.24) is 19.9 Å². The first-order valence-corrected chi connectivity index (χ1v) is 10.8. The molecule has 29 heavy (non-hydrogen) atoms. The number of rotatable bonds is 6. The van der Waals surface area contributed by atoms with E-state index in [4.69, 9.17) is 16.1 Å². The monoisotopic (exact) mass is 428 g/mol. The molecule has 3 aromatic rings. The largest absolute Gasteiger partial charge is 0.339 e. The van der Waals surface area contributed by atoms with E-state index in [9.17, 15) is 4.79 Å². The third-order valence-electron chi connectivity index (χ3n) is 4.76. The average Bonchev–Trinajstić information content (AvgIpc) is 3.22. The SMILES string of the molecule is O=C(CSc1ccccc1)N1CCN(Cc2nc(-c3ccc(Cl)cc3)no2)CC1. The maximum absolute atomic E-state index is 12.5. The minimum absolute atomic E-state index is 0.182. The zero-order valence-corrected chi connectivity index (χ0v) is 17.4. The van der Waals surface area contributed by atoms with Gasteiger partial charge in [0.25, 0.3) is 0 Å². The highest BCUT2D eigenvalue weighted by Crippen LogP contribution is 2.20. The highest BCUT2D eigenvalue weighted by Gasteiger charge is 2.22. The van der Waals surface area contributed by atoms with Crippen LogP contribution in [0.3, 0.4) is 0 Å². The van der Waals surface area contributed by atoms with Crippen molar-refractivity contribution in [1.29, 1.82) is 0 Å². The number of carbonyl (C=O) groups is 1. The molecule has 0 bridgehead atoms. The van der Waals surface area contributed by atoms with Crippen molar-refractivity contribution < 1.29 is 9.32 Å². The molecule has 1 aliphatic heterocycles. The molecular formula is C21H21ClN4O2S. The molecule has 150 valence electrons. The number of nitrogens with zero attached hydrogens (tertiary/aromatic N) is 4. The highest BCUT2D eigenvalue weighted by molar-refractivity contribution is 8.00. The van der Waals surface area contributed by atoms with Crippen LogP contribution in [0, 0.1) is 0 Å². The molecule has 1 aromatic heterocycles. The summed E-state index contributed by atoms with van der Waals surface area (Å²) in [6.07, 6.45) is 0. The van der Waals surface area contributed by atoms with E-state index < -0.39 is 0 Å². The van der Waals surface area contributed by atoms with Crippen LogP contribution < -0.4 is 0 Å². The molecule has 0 radical (unpaired) electrons. The van der Waals surface area contributed by atoms with E-state index in [1.807, 2.05) is 47.4 Å². The van der Waals surface area contributed by atoms with Crippen molar-refractivity contribution in [3.8, 4) is 11.4 Å². The van der Waals surface area contributed by atoms with E-state index in [0.29, 0.717) is 42.1 Å². The minimum atomic E-state index is 0.182. The van der Waals surface area contributed by atoms with Crippen LogP contribution >= 0.6 is 23.4 Å². The second kappa shape index (κ2) is 9.43. The number of hydrogen-bond donors (Lipinski definition) is 0. The minimum Gasteiger partial charge on any atom is -0.339 e. The van der Waals surface area contributed by atoms with Crippen LogP contribution in [-0.4, -0.2) is 57.8 Å². The number of thioether (sulfide) groups is 1. The summed E-state index contributed by atoms with van der Waals surface area (Å²) in [5, 5.41) is 4.73. The molecule has 1 aliphatic rings. The first-order valence-electron chi connectivity index (χ1n) is 9.44. The van der Waals surface area contributed by atoms with Crippen molar-refractivity contribution in [3.63, 3.8) is 0 Å². The van der Waals surface area contributed by atoms with Gasteiger partial charge < -0.3 is 9.42 Å². The molecule has 1 saturated heterocycles. The molecule has 0 spiro atoms. The van der Waals surface area contributed by atoms with Gasteiger partial charge in [-0.05, 0) is 36.4 Å². The lowest BCUT2D eigenvalue weighted by Crippen LogP contribution is -2.48. The van der Waals surface area contributed by atoms with Gasteiger partial charge in [-0.15, -0.1) is 11.8 Å². The maximum Gasteiger partial charge on any atom is 0.241 e. The predicted octanol–water partition coefficient (Wildman–Crippen LogP) is 3.83. The van der Waals surface area contributed by atoms with E-state index in [2.05, 4.69) is 15.0 Å². The molecule has 4 rings (SSSR count). The fraction of sp³-hybridized carbons (Fsp3) is 0.286. The molecule has 0 aliphatic carbocycles. The third-order valence-corrected chi connectivity index (χ3v) is 6.01. The van der Waals surface area contributed by atoms with Crippen molar-refractivity contribution in [2.75, 3.05) is 31.9 Å². The van der Waals surface area contributed by atoms with Gasteiger partial charge in [0.15, 0.2) is 0 Å². The van der Waals surface area contributed by atoms with Gasteiger partial charge in [-0.2, -0.15) is 4.98 Å². The quantitative estimate of drug-likeness (QED) is 0.556. The Kier molecular flexibility index (Phi) is 6.49. The van der Waals surface area contributed by atoms with Gasteiger partial charge in [0.1, 0.15) is 0 Å². The summed E-state index contributed by atoms with van der Waals surface area (Å²) in [5.74, 6) is 1.79. The Morgan fingerprint density at radius 2 is 1.76 bits per heavy atom. The lowest BCUT2D eigenvalue weighted by molar-refractivity contribution is -0.130. The summed E-state index contributed by atoms with van der Waals surface area (Å²) >= 11 is 7.50. The fourth-order valence-electron chi connectivity index (χ4n) is 3.14. The smallest absolute Gasteiger partial charge is 0.241 e. The van der Waals surface area contributed by atoms with Crippen molar-refractivity contribution >= 4 is 29.3 Å². The normalized spacial score (nSPS) is 14.9. The molecule has 6 nitrogen and oxygen atoms in total. The van der Waals surface area contributed by atoms with Crippen molar-refractivity contribution in [3.05, 3.63) is 65.5 Å². The summed E-state index contributed by atoms with van der Waals surface area (Å²) in [4.78, 5) is 22.2. The van der Waals surface area contributed by atoms with Crippen LogP contribution in [0.2, 0.25) is 5.02 Å². The highest BCUT2D eigenvalue weighted by atomic mass is 35.5. The Balaban J connectivity index is 1.25. The van der Waals surface area contributed by atoms with Gasteiger partial charge in [-0.3, -0.25) is 9.69 Å². The Labute approximate surface area is 178 Å². The molecule has 1 fully saturated rings. The van der Waals surface area contributed by atoms with Crippen molar-refractivity contribution in [2.45, 2.75) is 11.4 Å². The van der Waals surface area contributed by atoms with Gasteiger partial charge in [0.2, 0.25) is 17.6 Å². The number of aromatic nitrogens is 2. The second-order valence-corrected chi connectivity index (χ2v) is 8.26. The molecular weight excluding hydrogens is 408 g/mol. The average molecular weight is 429 g/mol. The van der Waals surface area contributed by atoms with Crippen LogP contribution in [0.4, 0.5) is 0 Å². The Hall–Kier alpha value is -2.35. The number of halogens is 1. The molecule has 2 aromatic carbocycles. The molecule has 1 amide bonds. The maximum atomic E-state index is 12.5. The summed E-state index contributed by atoms with van der Waals surface area (Å²) < 4.78 is 5.39. The molecule has 0 N–H and O–H groups in total. The number of amides is 1. The van der Waals surface area contributed by atoms with Gasteiger partial charge in [0, 0.05) is 41.7 Å². The van der Waals surface area contributed by atoms with E-state index >= 15 is 0 Å². The van der Waals surface area contributed by atoms with E-state index in [1.165, 1.54) is 0 Å². The van der Waals surface area contributed by atoms with Crippen LogP contribution in [-0.2, 0) is 11.3 Å². The van der Waals surface area contributed by atoms with Gasteiger partial charge in [0.05, 0.1) is 12.3 Å². The lowest BCUT2D eigenvalue weighted by Gasteiger charge is -2.33.